The van der Waals surface area contributed by atoms with Crippen molar-refractivity contribution in [2.45, 2.75) is 26.1 Å². The van der Waals surface area contributed by atoms with Gasteiger partial charge in [0.15, 0.2) is 11.6 Å². The fraction of sp³-hybridized carbons (Fsp3) is 0.500. The zero-order chi connectivity index (χ0) is 12.8. The van der Waals surface area contributed by atoms with Crippen molar-refractivity contribution in [3.05, 3.63) is 29.8 Å². The lowest BCUT2D eigenvalue weighted by atomic mass is 10.3. The second-order valence-electron chi connectivity index (χ2n) is 3.92. The fourth-order valence-electron chi connectivity index (χ4n) is 1.13. The van der Waals surface area contributed by atoms with Crippen molar-refractivity contribution in [1.82, 2.24) is 0 Å². The summed E-state index contributed by atoms with van der Waals surface area (Å²) in [6, 6.07) is 2.91. The highest BCUT2D eigenvalue weighted by molar-refractivity contribution is 5.24. The van der Waals surface area contributed by atoms with Gasteiger partial charge in [0.05, 0.1) is 12.7 Å². The number of halogens is 2. The molecule has 1 rings (SSSR count). The number of ether oxygens (including phenoxy) is 2. The molecule has 1 aromatic rings. The van der Waals surface area contributed by atoms with E-state index < -0.39 is 17.7 Å². The van der Waals surface area contributed by atoms with Crippen LogP contribution in [0, 0.1) is 11.6 Å². The molecule has 1 atom stereocenters. The predicted molar refractivity (Wildman–Crippen MR) is 58.9 cm³/mol. The quantitative estimate of drug-likeness (QED) is 0.835. The first kappa shape index (κ1) is 13.9. The fourth-order valence-corrected chi connectivity index (χ4v) is 1.13. The molecule has 5 heteroatoms. The Hall–Kier alpha value is -1.20. The molecule has 0 saturated heterocycles. The van der Waals surface area contributed by atoms with Crippen molar-refractivity contribution in [3.8, 4) is 5.75 Å². The summed E-state index contributed by atoms with van der Waals surface area (Å²) in [6.07, 6.45) is -0.879. The topological polar surface area (TPSA) is 38.7 Å². The number of hydrogen-bond acceptors (Lipinski definition) is 3. The smallest absolute Gasteiger partial charge is 0.165 e. The van der Waals surface area contributed by atoms with Gasteiger partial charge in [0.25, 0.3) is 0 Å². The van der Waals surface area contributed by atoms with Gasteiger partial charge in [0.2, 0.25) is 0 Å². The monoisotopic (exact) mass is 246 g/mol. The van der Waals surface area contributed by atoms with Crippen molar-refractivity contribution in [3.63, 3.8) is 0 Å². The summed E-state index contributed by atoms with van der Waals surface area (Å²) in [4.78, 5) is 0. The minimum Gasteiger partial charge on any atom is -0.488 e. The molecule has 3 nitrogen and oxygen atoms in total. The SMILES string of the molecule is CC(C)OCC(O)COc1cc(F)ccc1F. The average Bonchev–Trinajstić information content (AvgIpc) is 2.27. The summed E-state index contributed by atoms with van der Waals surface area (Å²) in [5.41, 5.74) is 0. The molecule has 1 unspecified atom stereocenters. The van der Waals surface area contributed by atoms with E-state index in [0.29, 0.717) is 0 Å². The summed E-state index contributed by atoms with van der Waals surface area (Å²) in [5.74, 6) is -1.47. The second kappa shape index (κ2) is 6.51. The molecule has 96 valence electrons. The normalized spacial score (nSPS) is 12.8. The van der Waals surface area contributed by atoms with Crippen LogP contribution in [0.3, 0.4) is 0 Å². The molecule has 0 bridgehead atoms. The Morgan fingerprint density at radius 2 is 1.94 bits per heavy atom. The molecule has 0 fully saturated rings. The van der Waals surface area contributed by atoms with Gasteiger partial charge in [-0.15, -0.1) is 0 Å². The molecule has 0 aliphatic heterocycles. The van der Waals surface area contributed by atoms with E-state index in [1.807, 2.05) is 13.8 Å². The van der Waals surface area contributed by atoms with Crippen LogP contribution in [-0.2, 0) is 4.74 Å². The Morgan fingerprint density at radius 1 is 1.24 bits per heavy atom. The Balaban J connectivity index is 2.41. The van der Waals surface area contributed by atoms with Gasteiger partial charge in [0.1, 0.15) is 18.5 Å². The van der Waals surface area contributed by atoms with E-state index >= 15 is 0 Å². The molecular formula is C12H16F2O3. The molecule has 0 aliphatic rings. The van der Waals surface area contributed by atoms with Crippen molar-refractivity contribution < 1.29 is 23.4 Å². The number of aliphatic hydroxyl groups is 1. The van der Waals surface area contributed by atoms with Gasteiger partial charge in [-0.2, -0.15) is 0 Å². The van der Waals surface area contributed by atoms with E-state index in [1.54, 1.807) is 0 Å². The summed E-state index contributed by atoms with van der Waals surface area (Å²) < 4.78 is 36.0. The highest BCUT2D eigenvalue weighted by Crippen LogP contribution is 2.18. The third-order valence-electron chi connectivity index (χ3n) is 1.95. The first-order valence-electron chi connectivity index (χ1n) is 5.36. The van der Waals surface area contributed by atoms with E-state index in [1.165, 1.54) is 0 Å². The van der Waals surface area contributed by atoms with Gasteiger partial charge >= 0.3 is 0 Å². The highest BCUT2D eigenvalue weighted by Gasteiger charge is 2.10. The largest absolute Gasteiger partial charge is 0.488 e. The standard InChI is InChI=1S/C12H16F2O3/c1-8(2)16-6-10(15)7-17-12-5-9(13)3-4-11(12)14/h3-5,8,10,15H,6-7H2,1-2H3. The predicted octanol–water partition coefficient (Wildman–Crippen LogP) is 2.13. The van der Waals surface area contributed by atoms with Crippen molar-refractivity contribution in [2.75, 3.05) is 13.2 Å². The summed E-state index contributed by atoms with van der Waals surface area (Å²) in [6.45, 7) is 3.61. The van der Waals surface area contributed by atoms with Gasteiger partial charge in [0, 0.05) is 6.07 Å². The lowest BCUT2D eigenvalue weighted by Crippen LogP contribution is -2.25. The highest BCUT2D eigenvalue weighted by atomic mass is 19.1. The average molecular weight is 246 g/mol. The van der Waals surface area contributed by atoms with Gasteiger partial charge < -0.3 is 14.6 Å². The number of aliphatic hydroxyl groups excluding tert-OH is 1. The molecule has 0 aromatic heterocycles. The van der Waals surface area contributed by atoms with Crippen LogP contribution in [0.1, 0.15) is 13.8 Å². The Labute approximate surface area is 99.0 Å². The van der Waals surface area contributed by atoms with Crippen LogP contribution in [0.4, 0.5) is 8.78 Å². The molecule has 0 saturated carbocycles. The summed E-state index contributed by atoms with van der Waals surface area (Å²) in [5, 5.41) is 9.45. The van der Waals surface area contributed by atoms with Gasteiger partial charge in [-0.1, -0.05) is 0 Å². The summed E-state index contributed by atoms with van der Waals surface area (Å²) in [7, 11) is 0. The molecule has 17 heavy (non-hydrogen) atoms. The molecule has 0 aliphatic carbocycles. The molecule has 0 heterocycles. The van der Waals surface area contributed by atoms with E-state index in [2.05, 4.69) is 0 Å². The third-order valence-corrected chi connectivity index (χ3v) is 1.95. The van der Waals surface area contributed by atoms with E-state index in [4.69, 9.17) is 9.47 Å². The maximum absolute atomic E-state index is 13.1. The molecule has 0 radical (unpaired) electrons. The molecule has 1 aromatic carbocycles. The Morgan fingerprint density at radius 3 is 2.59 bits per heavy atom. The van der Waals surface area contributed by atoms with Crippen molar-refractivity contribution in [1.29, 1.82) is 0 Å². The lowest BCUT2D eigenvalue weighted by Gasteiger charge is -2.14. The number of benzene rings is 1. The zero-order valence-electron chi connectivity index (χ0n) is 9.82. The van der Waals surface area contributed by atoms with Crippen LogP contribution in [0.25, 0.3) is 0 Å². The lowest BCUT2D eigenvalue weighted by molar-refractivity contribution is -0.0128. The maximum Gasteiger partial charge on any atom is 0.165 e. The Kier molecular flexibility index (Phi) is 5.31. The van der Waals surface area contributed by atoms with Crippen LogP contribution < -0.4 is 4.74 Å². The van der Waals surface area contributed by atoms with Gasteiger partial charge in [-0.3, -0.25) is 0 Å². The van der Waals surface area contributed by atoms with Crippen molar-refractivity contribution >= 4 is 0 Å². The first-order valence-corrected chi connectivity index (χ1v) is 5.36. The number of rotatable bonds is 6. The van der Waals surface area contributed by atoms with Gasteiger partial charge in [-0.25, -0.2) is 8.78 Å². The van der Waals surface area contributed by atoms with E-state index in [0.717, 1.165) is 18.2 Å². The minimum absolute atomic E-state index is 0.00411. The second-order valence-corrected chi connectivity index (χ2v) is 3.92. The van der Waals surface area contributed by atoms with Crippen LogP contribution in [0.5, 0.6) is 5.75 Å². The van der Waals surface area contributed by atoms with Crippen LogP contribution in [-0.4, -0.2) is 30.5 Å². The van der Waals surface area contributed by atoms with Crippen LogP contribution >= 0.6 is 0 Å². The minimum atomic E-state index is -0.875. The number of hydrogen-bond donors (Lipinski definition) is 1. The summed E-state index contributed by atoms with van der Waals surface area (Å²) >= 11 is 0. The van der Waals surface area contributed by atoms with Crippen LogP contribution in [0.2, 0.25) is 0 Å². The third kappa shape index (κ3) is 5.10. The molecule has 0 amide bonds. The van der Waals surface area contributed by atoms with E-state index in [-0.39, 0.29) is 25.1 Å². The molecule has 1 N–H and O–H groups in total. The zero-order valence-corrected chi connectivity index (χ0v) is 9.82. The first-order chi connectivity index (χ1) is 7.99. The van der Waals surface area contributed by atoms with Crippen LogP contribution in [0.15, 0.2) is 18.2 Å². The van der Waals surface area contributed by atoms with Crippen molar-refractivity contribution in [2.24, 2.45) is 0 Å². The Bertz CT molecular complexity index is 356. The van der Waals surface area contributed by atoms with Gasteiger partial charge in [-0.05, 0) is 26.0 Å². The van der Waals surface area contributed by atoms with E-state index in [9.17, 15) is 13.9 Å². The molecular weight excluding hydrogens is 230 g/mol. The molecule has 0 spiro atoms. The maximum atomic E-state index is 13.1.